The van der Waals surface area contributed by atoms with Gasteiger partial charge in [-0.2, -0.15) is 4.98 Å². The fourth-order valence-corrected chi connectivity index (χ4v) is 0.510. The SMILES string of the molecule is NC(=O)c1nc(=O)[nH]c(=O)[nH]1. The summed E-state index contributed by atoms with van der Waals surface area (Å²) in [6.45, 7) is 0. The normalized spacial score (nSPS) is 9.45. The number of aromatic amines is 2. The molecule has 0 saturated heterocycles. The number of hydrogen-bond donors (Lipinski definition) is 3. The third-order valence-electron chi connectivity index (χ3n) is 0.899. The first-order valence-corrected chi connectivity index (χ1v) is 2.60. The second-order valence-electron chi connectivity index (χ2n) is 1.71. The summed E-state index contributed by atoms with van der Waals surface area (Å²) in [5.74, 6) is -1.40. The highest BCUT2D eigenvalue weighted by Gasteiger charge is 2.02. The molecule has 0 spiro atoms. The van der Waals surface area contributed by atoms with Crippen molar-refractivity contribution < 1.29 is 4.79 Å². The van der Waals surface area contributed by atoms with Gasteiger partial charge in [0.15, 0.2) is 0 Å². The number of carbonyl (C=O) groups is 1. The Labute approximate surface area is 59.3 Å². The summed E-state index contributed by atoms with van der Waals surface area (Å²) in [5, 5.41) is 0. The van der Waals surface area contributed by atoms with Gasteiger partial charge in [-0.15, -0.1) is 0 Å². The zero-order valence-electron chi connectivity index (χ0n) is 5.25. The smallest absolute Gasteiger partial charge is 0.351 e. The largest absolute Gasteiger partial charge is 0.363 e. The van der Waals surface area contributed by atoms with Gasteiger partial charge < -0.3 is 5.73 Å². The summed E-state index contributed by atoms with van der Waals surface area (Å²) < 4.78 is 0. The van der Waals surface area contributed by atoms with E-state index in [0.717, 1.165) is 0 Å². The lowest BCUT2D eigenvalue weighted by molar-refractivity contribution is 0.0989. The van der Waals surface area contributed by atoms with E-state index >= 15 is 0 Å². The van der Waals surface area contributed by atoms with Gasteiger partial charge in [0.05, 0.1) is 0 Å². The Morgan fingerprint density at radius 1 is 1.36 bits per heavy atom. The van der Waals surface area contributed by atoms with Crippen molar-refractivity contribution in [3.8, 4) is 0 Å². The molecule has 0 aliphatic heterocycles. The molecular weight excluding hydrogens is 152 g/mol. The number of nitrogens with two attached hydrogens (primary N) is 1. The summed E-state index contributed by atoms with van der Waals surface area (Å²) in [4.78, 5) is 38.0. The molecule has 0 unspecified atom stereocenters. The predicted octanol–water partition coefficient (Wildman–Crippen LogP) is -2.44. The molecule has 11 heavy (non-hydrogen) atoms. The highest BCUT2D eigenvalue weighted by atomic mass is 16.2. The van der Waals surface area contributed by atoms with E-state index in [9.17, 15) is 14.4 Å². The van der Waals surface area contributed by atoms with Crippen molar-refractivity contribution in [2.24, 2.45) is 5.73 Å². The molecule has 1 rings (SSSR count). The topological polar surface area (TPSA) is 122 Å². The number of rotatable bonds is 1. The molecule has 0 aliphatic carbocycles. The third kappa shape index (κ3) is 1.51. The molecule has 7 heteroatoms. The van der Waals surface area contributed by atoms with E-state index in [1.807, 2.05) is 4.98 Å². The van der Waals surface area contributed by atoms with Crippen LogP contribution in [0.2, 0.25) is 0 Å². The molecule has 0 saturated carbocycles. The molecule has 4 N–H and O–H groups in total. The lowest BCUT2D eigenvalue weighted by atomic mass is 10.6. The van der Waals surface area contributed by atoms with Gasteiger partial charge in [0.25, 0.3) is 5.91 Å². The molecule has 0 aromatic carbocycles. The van der Waals surface area contributed by atoms with Gasteiger partial charge in [-0.05, 0) is 0 Å². The fraction of sp³-hybridized carbons (Fsp3) is 0. The number of H-pyrrole nitrogens is 2. The molecular formula is C4H4N4O3. The Balaban J connectivity index is 3.42. The summed E-state index contributed by atoms with van der Waals surface area (Å²) in [5.41, 5.74) is 3.02. The predicted molar refractivity (Wildman–Crippen MR) is 34.0 cm³/mol. The van der Waals surface area contributed by atoms with Crippen LogP contribution in [0.3, 0.4) is 0 Å². The minimum Gasteiger partial charge on any atom is -0.363 e. The number of hydrogen-bond acceptors (Lipinski definition) is 4. The van der Waals surface area contributed by atoms with Crippen LogP contribution >= 0.6 is 0 Å². The Hall–Kier alpha value is -1.92. The zero-order valence-corrected chi connectivity index (χ0v) is 5.25. The van der Waals surface area contributed by atoms with E-state index in [4.69, 9.17) is 5.73 Å². The Morgan fingerprint density at radius 2 is 2.00 bits per heavy atom. The average Bonchev–Trinajstić information content (AvgIpc) is 1.85. The van der Waals surface area contributed by atoms with E-state index in [0.29, 0.717) is 0 Å². The maximum atomic E-state index is 10.5. The molecule has 1 amide bonds. The van der Waals surface area contributed by atoms with Crippen molar-refractivity contribution in [1.82, 2.24) is 15.0 Å². The Morgan fingerprint density at radius 3 is 2.45 bits per heavy atom. The molecule has 0 atom stereocenters. The monoisotopic (exact) mass is 156 g/mol. The average molecular weight is 156 g/mol. The molecule has 1 aromatic heterocycles. The van der Waals surface area contributed by atoms with Gasteiger partial charge in [0, 0.05) is 0 Å². The molecule has 0 radical (unpaired) electrons. The maximum absolute atomic E-state index is 10.5. The van der Waals surface area contributed by atoms with Gasteiger partial charge in [0.1, 0.15) is 0 Å². The van der Waals surface area contributed by atoms with Crippen LogP contribution in [0, 0.1) is 0 Å². The lowest BCUT2D eigenvalue weighted by Crippen LogP contribution is -2.31. The standard InChI is InChI=1S/C4H4N4O3/c5-1(9)2-6-3(10)8-4(11)7-2/h(H2,5,9)(H2,6,7,8,10,11). The summed E-state index contributed by atoms with van der Waals surface area (Å²) >= 11 is 0. The number of primary amides is 1. The van der Waals surface area contributed by atoms with Crippen molar-refractivity contribution >= 4 is 5.91 Å². The fourth-order valence-electron chi connectivity index (χ4n) is 0.510. The third-order valence-corrected chi connectivity index (χ3v) is 0.899. The lowest BCUT2D eigenvalue weighted by Gasteiger charge is -1.89. The Bertz CT molecular complexity index is 361. The highest BCUT2D eigenvalue weighted by molar-refractivity contribution is 5.88. The molecule has 0 aliphatic rings. The number of nitrogens with zero attached hydrogens (tertiary/aromatic N) is 1. The molecule has 7 nitrogen and oxygen atoms in total. The second-order valence-corrected chi connectivity index (χ2v) is 1.71. The Kier molecular flexibility index (Phi) is 1.55. The van der Waals surface area contributed by atoms with Gasteiger partial charge in [0.2, 0.25) is 5.82 Å². The molecule has 58 valence electrons. The summed E-state index contributed by atoms with van der Waals surface area (Å²) in [6.07, 6.45) is 0. The van der Waals surface area contributed by atoms with Crippen LogP contribution in [0.15, 0.2) is 9.59 Å². The van der Waals surface area contributed by atoms with Crippen LogP contribution in [0.5, 0.6) is 0 Å². The van der Waals surface area contributed by atoms with Crippen molar-refractivity contribution in [2.75, 3.05) is 0 Å². The number of aromatic nitrogens is 3. The number of carbonyl (C=O) groups excluding carboxylic acids is 1. The molecule has 0 fully saturated rings. The van der Waals surface area contributed by atoms with Crippen molar-refractivity contribution in [3.05, 3.63) is 26.8 Å². The van der Waals surface area contributed by atoms with Gasteiger partial charge in [-0.25, -0.2) is 9.59 Å². The van der Waals surface area contributed by atoms with E-state index in [1.54, 1.807) is 4.98 Å². The van der Waals surface area contributed by atoms with Crippen LogP contribution in [0.4, 0.5) is 0 Å². The minimum atomic E-state index is -0.951. The molecule has 0 bridgehead atoms. The first-order chi connectivity index (χ1) is 5.09. The van der Waals surface area contributed by atoms with Gasteiger partial charge in [-0.1, -0.05) is 0 Å². The molecule has 1 aromatic rings. The van der Waals surface area contributed by atoms with Crippen LogP contribution in [0.25, 0.3) is 0 Å². The van der Waals surface area contributed by atoms with Gasteiger partial charge in [-0.3, -0.25) is 14.8 Å². The van der Waals surface area contributed by atoms with Crippen LogP contribution in [-0.2, 0) is 0 Å². The van der Waals surface area contributed by atoms with E-state index in [-0.39, 0.29) is 0 Å². The van der Waals surface area contributed by atoms with Crippen LogP contribution in [-0.4, -0.2) is 20.9 Å². The number of amides is 1. The minimum absolute atomic E-state index is 0.446. The van der Waals surface area contributed by atoms with Crippen molar-refractivity contribution in [3.63, 3.8) is 0 Å². The van der Waals surface area contributed by atoms with E-state index in [1.165, 1.54) is 0 Å². The first-order valence-electron chi connectivity index (χ1n) is 2.60. The molecule has 1 heterocycles. The van der Waals surface area contributed by atoms with Gasteiger partial charge >= 0.3 is 11.4 Å². The zero-order chi connectivity index (χ0) is 8.43. The van der Waals surface area contributed by atoms with Crippen molar-refractivity contribution in [2.45, 2.75) is 0 Å². The maximum Gasteiger partial charge on any atom is 0.351 e. The first kappa shape index (κ1) is 7.19. The van der Waals surface area contributed by atoms with Crippen LogP contribution in [0.1, 0.15) is 10.6 Å². The summed E-state index contributed by atoms with van der Waals surface area (Å²) in [6, 6.07) is 0. The number of nitrogens with one attached hydrogen (secondary N) is 2. The quantitative estimate of drug-likeness (QED) is 0.418. The van der Waals surface area contributed by atoms with E-state index < -0.39 is 23.1 Å². The summed E-state index contributed by atoms with van der Waals surface area (Å²) in [7, 11) is 0. The highest BCUT2D eigenvalue weighted by Crippen LogP contribution is 1.72. The van der Waals surface area contributed by atoms with E-state index in [2.05, 4.69) is 4.98 Å². The van der Waals surface area contributed by atoms with Crippen LogP contribution < -0.4 is 17.1 Å². The van der Waals surface area contributed by atoms with Crippen molar-refractivity contribution in [1.29, 1.82) is 0 Å². The second kappa shape index (κ2) is 2.37.